The van der Waals surface area contributed by atoms with Gasteiger partial charge in [-0.2, -0.15) is 0 Å². The maximum atomic E-state index is 12.8. The SMILES string of the molecule is CN(C(=O)c1cccc(N2CCCC2=O)c1)c1ccc(OCC(=O)O)cc1. The van der Waals surface area contributed by atoms with Crippen molar-refractivity contribution in [2.24, 2.45) is 0 Å². The van der Waals surface area contributed by atoms with E-state index < -0.39 is 12.6 Å². The van der Waals surface area contributed by atoms with Crippen LogP contribution in [0.4, 0.5) is 11.4 Å². The molecular weight excluding hydrogens is 348 g/mol. The molecule has 0 spiro atoms. The van der Waals surface area contributed by atoms with Crippen molar-refractivity contribution < 1.29 is 24.2 Å². The van der Waals surface area contributed by atoms with E-state index in [0.717, 1.165) is 12.1 Å². The van der Waals surface area contributed by atoms with Gasteiger partial charge in [0.05, 0.1) is 0 Å². The van der Waals surface area contributed by atoms with Crippen molar-refractivity contribution >= 4 is 29.2 Å². The second-order valence-electron chi connectivity index (χ2n) is 6.24. The van der Waals surface area contributed by atoms with E-state index >= 15 is 0 Å². The third-order valence-electron chi connectivity index (χ3n) is 4.37. The van der Waals surface area contributed by atoms with Crippen molar-refractivity contribution in [1.82, 2.24) is 0 Å². The quantitative estimate of drug-likeness (QED) is 0.847. The first-order valence-corrected chi connectivity index (χ1v) is 8.59. The van der Waals surface area contributed by atoms with Crippen LogP contribution in [-0.2, 0) is 9.59 Å². The van der Waals surface area contributed by atoms with Crippen LogP contribution in [0.1, 0.15) is 23.2 Å². The number of ether oxygens (including phenoxy) is 1. The van der Waals surface area contributed by atoms with Gasteiger partial charge in [-0.15, -0.1) is 0 Å². The number of aliphatic carboxylic acids is 1. The topological polar surface area (TPSA) is 87.2 Å². The number of rotatable bonds is 6. The highest BCUT2D eigenvalue weighted by Crippen LogP contribution is 2.24. The van der Waals surface area contributed by atoms with Crippen molar-refractivity contribution in [1.29, 1.82) is 0 Å². The molecule has 1 aliphatic rings. The molecule has 0 unspecified atom stereocenters. The van der Waals surface area contributed by atoms with Gasteiger partial charge in [0.25, 0.3) is 5.91 Å². The van der Waals surface area contributed by atoms with E-state index in [2.05, 4.69) is 0 Å². The molecule has 0 saturated carbocycles. The summed E-state index contributed by atoms with van der Waals surface area (Å²) in [4.78, 5) is 38.5. The first kappa shape index (κ1) is 18.4. The van der Waals surface area contributed by atoms with Crippen LogP contribution in [0.2, 0.25) is 0 Å². The Hall–Kier alpha value is -3.35. The molecule has 140 valence electrons. The second-order valence-corrected chi connectivity index (χ2v) is 6.24. The van der Waals surface area contributed by atoms with E-state index in [0.29, 0.717) is 30.0 Å². The molecular formula is C20H20N2O5. The van der Waals surface area contributed by atoms with Gasteiger partial charge in [0, 0.05) is 37.0 Å². The van der Waals surface area contributed by atoms with Gasteiger partial charge >= 0.3 is 5.97 Å². The molecule has 27 heavy (non-hydrogen) atoms. The fourth-order valence-corrected chi connectivity index (χ4v) is 2.95. The lowest BCUT2D eigenvalue weighted by Gasteiger charge is -2.20. The van der Waals surface area contributed by atoms with Crippen molar-refractivity contribution in [3.8, 4) is 5.75 Å². The fourth-order valence-electron chi connectivity index (χ4n) is 2.95. The van der Waals surface area contributed by atoms with E-state index in [1.165, 1.54) is 4.90 Å². The Kier molecular flexibility index (Phi) is 5.40. The summed E-state index contributed by atoms with van der Waals surface area (Å²) in [5, 5.41) is 8.63. The zero-order valence-electron chi connectivity index (χ0n) is 14.9. The molecule has 0 radical (unpaired) electrons. The van der Waals surface area contributed by atoms with Crippen molar-refractivity contribution in [3.63, 3.8) is 0 Å². The Morgan fingerprint density at radius 3 is 2.56 bits per heavy atom. The predicted octanol–water partition coefficient (Wildman–Crippen LogP) is 2.55. The van der Waals surface area contributed by atoms with Gasteiger partial charge in [0.15, 0.2) is 6.61 Å². The maximum Gasteiger partial charge on any atom is 0.341 e. The molecule has 1 saturated heterocycles. The number of carbonyl (C=O) groups excluding carboxylic acids is 2. The number of anilines is 2. The zero-order valence-corrected chi connectivity index (χ0v) is 14.9. The Balaban J connectivity index is 1.73. The fraction of sp³-hybridized carbons (Fsp3) is 0.250. The summed E-state index contributed by atoms with van der Waals surface area (Å²) in [6, 6.07) is 13.6. The summed E-state index contributed by atoms with van der Waals surface area (Å²) in [6.45, 7) is 0.250. The van der Waals surface area contributed by atoms with Crippen LogP contribution in [0.3, 0.4) is 0 Å². The van der Waals surface area contributed by atoms with Crippen LogP contribution in [0.25, 0.3) is 0 Å². The molecule has 1 N–H and O–H groups in total. The minimum atomic E-state index is -1.05. The number of amides is 2. The highest BCUT2D eigenvalue weighted by Gasteiger charge is 2.23. The Morgan fingerprint density at radius 1 is 1.19 bits per heavy atom. The predicted molar refractivity (Wildman–Crippen MR) is 100 cm³/mol. The molecule has 0 atom stereocenters. The second kappa shape index (κ2) is 7.90. The van der Waals surface area contributed by atoms with Crippen LogP contribution < -0.4 is 14.5 Å². The number of carboxylic acid groups (broad SMARTS) is 1. The van der Waals surface area contributed by atoms with Gasteiger partial charge in [0.1, 0.15) is 5.75 Å². The van der Waals surface area contributed by atoms with E-state index in [1.54, 1.807) is 54.4 Å². The molecule has 2 amide bonds. The van der Waals surface area contributed by atoms with E-state index in [4.69, 9.17) is 9.84 Å². The Morgan fingerprint density at radius 2 is 1.93 bits per heavy atom. The summed E-state index contributed by atoms with van der Waals surface area (Å²) in [7, 11) is 1.66. The van der Waals surface area contributed by atoms with Crippen molar-refractivity contribution in [3.05, 3.63) is 54.1 Å². The maximum absolute atomic E-state index is 12.8. The number of benzene rings is 2. The summed E-state index contributed by atoms with van der Waals surface area (Å²) < 4.78 is 5.09. The van der Waals surface area contributed by atoms with E-state index in [9.17, 15) is 14.4 Å². The van der Waals surface area contributed by atoms with Crippen molar-refractivity contribution in [2.45, 2.75) is 12.8 Å². The lowest BCUT2D eigenvalue weighted by Crippen LogP contribution is -2.27. The third kappa shape index (κ3) is 4.25. The lowest BCUT2D eigenvalue weighted by molar-refractivity contribution is -0.139. The molecule has 2 aromatic carbocycles. The zero-order chi connectivity index (χ0) is 19.4. The van der Waals surface area contributed by atoms with Crippen LogP contribution in [0, 0.1) is 0 Å². The number of carboxylic acids is 1. The molecule has 0 bridgehead atoms. The lowest BCUT2D eigenvalue weighted by atomic mass is 10.1. The molecule has 7 nitrogen and oxygen atoms in total. The van der Waals surface area contributed by atoms with E-state index in [1.807, 2.05) is 6.07 Å². The Bertz CT molecular complexity index is 863. The van der Waals surface area contributed by atoms with Crippen LogP contribution >= 0.6 is 0 Å². The van der Waals surface area contributed by atoms with Gasteiger partial charge in [0.2, 0.25) is 5.91 Å². The first-order chi connectivity index (χ1) is 13.0. The van der Waals surface area contributed by atoms with Crippen LogP contribution in [0.5, 0.6) is 5.75 Å². The highest BCUT2D eigenvalue weighted by molar-refractivity contribution is 6.07. The molecule has 3 rings (SSSR count). The first-order valence-electron chi connectivity index (χ1n) is 8.59. The minimum Gasteiger partial charge on any atom is -0.482 e. The van der Waals surface area contributed by atoms with Gasteiger partial charge in [-0.25, -0.2) is 4.79 Å². The van der Waals surface area contributed by atoms with Crippen LogP contribution in [-0.4, -0.2) is 43.1 Å². The molecule has 1 heterocycles. The summed E-state index contributed by atoms with van der Waals surface area (Å²) in [5.74, 6) is -0.771. The molecule has 1 aliphatic heterocycles. The monoisotopic (exact) mass is 368 g/mol. The summed E-state index contributed by atoms with van der Waals surface area (Å²) in [6.07, 6.45) is 1.36. The smallest absolute Gasteiger partial charge is 0.341 e. The molecule has 0 aromatic heterocycles. The van der Waals surface area contributed by atoms with Gasteiger partial charge in [-0.3, -0.25) is 9.59 Å². The number of hydrogen-bond acceptors (Lipinski definition) is 4. The standard InChI is InChI=1S/C20H20N2O5/c1-21(15-7-9-17(10-8-15)27-13-19(24)25)20(26)14-4-2-5-16(12-14)22-11-3-6-18(22)23/h2,4-5,7-10,12H,3,6,11,13H2,1H3,(H,24,25). The average molecular weight is 368 g/mol. The highest BCUT2D eigenvalue weighted by atomic mass is 16.5. The van der Waals surface area contributed by atoms with Crippen molar-refractivity contribution in [2.75, 3.05) is 30.0 Å². The number of hydrogen-bond donors (Lipinski definition) is 1. The van der Waals surface area contributed by atoms with Gasteiger partial charge < -0.3 is 19.6 Å². The number of nitrogens with zero attached hydrogens (tertiary/aromatic N) is 2. The normalized spacial score (nSPS) is 13.5. The molecule has 0 aliphatic carbocycles. The minimum absolute atomic E-state index is 0.0740. The average Bonchev–Trinajstić information content (AvgIpc) is 3.11. The molecule has 7 heteroatoms. The number of carbonyl (C=O) groups is 3. The molecule has 2 aromatic rings. The van der Waals surface area contributed by atoms with E-state index in [-0.39, 0.29) is 11.8 Å². The van der Waals surface area contributed by atoms with Gasteiger partial charge in [-0.1, -0.05) is 6.07 Å². The molecule has 1 fully saturated rings. The van der Waals surface area contributed by atoms with Gasteiger partial charge in [-0.05, 0) is 48.9 Å². The van der Waals surface area contributed by atoms with Crippen LogP contribution in [0.15, 0.2) is 48.5 Å². The largest absolute Gasteiger partial charge is 0.482 e. The summed E-state index contributed by atoms with van der Waals surface area (Å²) in [5.41, 5.74) is 1.86. The summed E-state index contributed by atoms with van der Waals surface area (Å²) >= 11 is 0. The Labute approximate surface area is 156 Å². The third-order valence-corrected chi connectivity index (χ3v) is 4.37.